The standard InChI is InChI=1S/C36H40O2.C28H22O4/c1-26-6-8-28(9-7-26)22-29-10-16-33(17-11-29)38-34-20-14-31(15-21-34)36(24-27(2)23-35(3,4)25-36)30-12-18-32(37-5)19-13-30;1-19-9-11-20(12-10-19)27(29)22-5-3-6-23(17-22)28(30)21-13-15-24(16-14-21)32-26-8-4-7-25(18-26)31-2/h6-21,27H,22-25H2,1-5H3;3-18H,1-2H3. The number of benzene rings is 8. The summed E-state index contributed by atoms with van der Waals surface area (Å²) >= 11 is 0. The van der Waals surface area contributed by atoms with Crippen molar-refractivity contribution >= 4 is 11.6 Å². The van der Waals surface area contributed by atoms with Crippen molar-refractivity contribution in [2.45, 2.75) is 65.7 Å². The highest BCUT2D eigenvalue weighted by Gasteiger charge is 2.45. The van der Waals surface area contributed by atoms with Gasteiger partial charge in [-0.25, -0.2) is 0 Å². The van der Waals surface area contributed by atoms with Crippen molar-refractivity contribution in [2.75, 3.05) is 14.2 Å². The molecule has 0 aliphatic heterocycles. The highest BCUT2D eigenvalue weighted by atomic mass is 16.5. The first-order chi connectivity index (χ1) is 33.8. The minimum atomic E-state index is -0.156. The zero-order valence-electron chi connectivity index (χ0n) is 41.3. The molecule has 1 aliphatic carbocycles. The van der Waals surface area contributed by atoms with Crippen LogP contribution in [0.1, 0.15) is 105 Å². The first-order valence-electron chi connectivity index (χ1n) is 24.0. The second-order valence-corrected chi connectivity index (χ2v) is 19.5. The van der Waals surface area contributed by atoms with Crippen LogP contribution in [0.2, 0.25) is 0 Å². The molecule has 2 unspecified atom stereocenters. The van der Waals surface area contributed by atoms with Gasteiger partial charge in [-0.1, -0.05) is 141 Å². The number of carbonyl (C=O) groups excluding carboxylic acids is 2. The summed E-state index contributed by atoms with van der Waals surface area (Å²) in [5.74, 6) is 4.97. The van der Waals surface area contributed by atoms with E-state index in [0.29, 0.717) is 45.4 Å². The van der Waals surface area contributed by atoms with Gasteiger partial charge in [0.15, 0.2) is 11.6 Å². The average molecular weight is 927 g/mol. The third-order valence-electron chi connectivity index (χ3n) is 13.2. The Kier molecular flexibility index (Phi) is 15.1. The maximum Gasteiger partial charge on any atom is 0.193 e. The van der Waals surface area contributed by atoms with E-state index >= 15 is 0 Å². The van der Waals surface area contributed by atoms with Crippen molar-refractivity contribution in [3.05, 3.63) is 250 Å². The van der Waals surface area contributed by atoms with Crippen LogP contribution in [-0.2, 0) is 11.8 Å². The summed E-state index contributed by atoms with van der Waals surface area (Å²) in [7, 11) is 3.33. The van der Waals surface area contributed by atoms with Gasteiger partial charge in [-0.3, -0.25) is 9.59 Å². The van der Waals surface area contributed by atoms with Crippen LogP contribution in [0.4, 0.5) is 0 Å². The summed E-state index contributed by atoms with van der Waals surface area (Å²) in [5.41, 5.74) is 10.0. The number of rotatable bonds is 14. The third kappa shape index (κ3) is 12.1. The van der Waals surface area contributed by atoms with E-state index in [1.807, 2.05) is 37.3 Å². The minimum absolute atomic E-state index is 0.0242. The molecule has 8 aromatic rings. The van der Waals surface area contributed by atoms with E-state index in [1.54, 1.807) is 80.9 Å². The molecule has 6 heteroatoms. The number of methoxy groups -OCH3 is 2. The first-order valence-corrected chi connectivity index (χ1v) is 24.0. The predicted molar refractivity (Wildman–Crippen MR) is 282 cm³/mol. The summed E-state index contributed by atoms with van der Waals surface area (Å²) in [5, 5.41) is 0. The maximum atomic E-state index is 13.0. The zero-order valence-corrected chi connectivity index (χ0v) is 41.3. The Morgan fingerprint density at radius 3 is 1.39 bits per heavy atom. The Bertz CT molecular complexity index is 3010. The number of ketones is 2. The largest absolute Gasteiger partial charge is 0.497 e. The summed E-state index contributed by atoms with van der Waals surface area (Å²) in [6.45, 7) is 11.3. The zero-order chi connectivity index (χ0) is 49.3. The molecular formula is C64H62O6. The summed E-state index contributed by atoms with van der Waals surface area (Å²) in [6.07, 6.45) is 4.45. The molecule has 0 heterocycles. The van der Waals surface area contributed by atoms with Crippen molar-refractivity contribution in [1.82, 2.24) is 0 Å². The van der Waals surface area contributed by atoms with Crippen LogP contribution in [0.3, 0.4) is 0 Å². The highest BCUT2D eigenvalue weighted by Crippen LogP contribution is 2.54. The molecule has 9 rings (SSSR count). The molecule has 70 heavy (non-hydrogen) atoms. The van der Waals surface area contributed by atoms with Crippen molar-refractivity contribution in [3.63, 3.8) is 0 Å². The second-order valence-electron chi connectivity index (χ2n) is 19.5. The van der Waals surface area contributed by atoms with E-state index in [1.165, 1.54) is 34.2 Å². The predicted octanol–water partition coefficient (Wildman–Crippen LogP) is 15.8. The molecule has 0 aromatic heterocycles. The van der Waals surface area contributed by atoms with E-state index in [9.17, 15) is 9.59 Å². The smallest absolute Gasteiger partial charge is 0.193 e. The molecule has 1 saturated carbocycles. The van der Waals surface area contributed by atoms with Crippen molar-refractivity contribution < 1.29 is 28.5 Å². The molecule has 0 amide bonds. The molecule has 0 bridgehead atoms. The number of aryl methyl sites for hydroxylation is 2. The van der Waals surface area contributed by atoms with Crippen molar-refractivity contribution in [3.8, 4) is 34.5 Å². The molecule has 354 valence electrons. The number of hydrogen-bond acceptors (Lipinski definition) is 6. The van der Waals surface area contributed by atoms with E-state index in [-0.39, 0.29) is 22.4 Å². The Balaban J connectivity index is 0.000000191. The molecule has 1 fully saturated rings. The lowest BCUT2D eigenvalue weighted by molar-refractivity contribution is 0.103. The van der Waals surface area contributed by atoms with E-state index in [2.05, 4.69) is 125 Å². The van der Waals surface area contributed by atoms with Gasteiger partial charge in [-0.15, -0.1) is 0 Å². The van der Waals surface area contributed by atoms with Crippen molar-refractivity contribution in [2.24, 2.45) is 11.3 Å². The maximum absolute atomic E-state index is 13.0. The SMILES string of the molecule is COc1ccc(C2(c3ccc(Oc4ccc(Cc5ccc(C)cc5)cc4)cc3)CC(C)CC(C)(C)C2)cc1.COc1cccc(Oc2ccc(C(=O)c3cccc(C(=O)c4ccc(C)cc4)c3)cc2)c1. The van der Waals surface area contributed by atoms with Crippen molar-refractivity contribution in [1.29, 1.82) is 0 Å². The second kappa shape index (κ2) is 21.7. The lowest BCUT2D eigenvalue weighted by Gasteiger charge is -2.48. The molecule has 1 aliphatic rings. The summed E-state index contributed by atoms with van der Waals surface area (Å²) in [4.78, 5) is 25.8. The fraction of sp³-hybridized carbons (Fsp3) is 0.219. The molecule has 0 N–H and O–H groups in total. The molecule has 0 radical (unpaired) electrons. The average Bonchev–Trinajstić information content (AvgIpc) is 3.37. The van der Waals surface area contributed by atoms with Crippen LogP contribution < -0.4 is 18.9 Å². The molecule has 2 atom stereocenters. The van der Waals surface area contributed by atoms with Gasteiger partial charge in [0.05, 0.1) is 14.2 Å². The van der Waals surface area contributed by atoms with Gasteiger partial charge in [0.25, 0.3) is 0 Å². The number of carbonyl (C=O) groups is 2. The van der Waals surface area contributed by atoms with Crippen LogP contribution in [0, 0.1) is 25.2 Å². The molecule has 8 aromatic carbocycles. The molecule has 6 nitrogen and oxygen atoms in total. The molecule has 0 spiro atoms. The van der Waals surface area contributed by atoms with Gasteiger partial charge >= 0.3 is 0 Å². The third-order valence-corrected chi connectivity index (χ3v) is 13.2. The monoisotopic (exact) mass is 926 g/mol. The van der Waals surface area contributed by atoms with Crippen LogP contribution in [-0.4, -0.2) is 25.8 Å². The molecule has 0 saturated heterocycles. The van der Waals surface area contributed by atoms with Gasteiger partial charge in [0.1, 0.15) is 34.5 Å². The Labute approximate surface area is 413 Å². The topological polar surface area (TPSA) is 71.1 Å². The van der Waals surface area contributed by atoms with Gasteiger partial charge in [0, 0.05) is 33.7 Å². The number of hydrogen-bond donors (Lipinski definition) is 0. The molecular weight excluding hydrogens is 865 g/mol. The fourth-order valence-electron chi connectivity index (χ4n) is 10.00. The Hall–Kier alpha value is -7.70. The van der Waals surface area contributed by atoms with E-state index in [0.717, 1.165) is 42.1 Å². The van der Waals surface area contributed by atoms with Gasteiger partial charge in [-0.2, -0.15) is 0 Å². The normalized spacial score (nSPS) is 16.0. The van der Waals surface area contributed by atoms with E-state index < -0.39 is 0 Å². The van der Waals surface area contributed by atoms with Crippen LogP contribution in [0.5, 0.6) is 34.5 Å². The summed E-state index contributed by atoms with van der Waals surface area (Å²) in [6, 6.07) is 63.2. The lowest BCUT2D eigenvalue weighted by Crippen LogP contribution is -2.41. The Morgan fingerprint density at radius 1 is 0.457 bits per heavy atom. The first kappa shape index (κ1) is 48.7. The quantitative estimate of drug-likeness (QED) is 0.101. The fourth-order valence-corrected chi connectivity index (χ4v) is 10.00. The van der Waals surface area contributed by atoms with Gasteiger partial charge < -0.3 is 18.9 Å². The Morgan fingerprint density at radius 2 is 0.871 bits per heavy atom. The van der Waals surface area contributed by atoms with Crippen LogP contribution >= 0.6 is 0 Å². The minimum Gasteiger partial charge on any atom is -0.497 e. The number of ether oxygens (including phenoxy) is 4. The van der Waals surface area contributed by atoms with E-state index in [4.69, 9.17) is 18.9 Å². The van der Waals surface area contributed by atoms with Gasteiger partial charge in [-0.05, 0) is 152 Å². The van der Waals surface area contributed by atoms with Crippen LogP contribution in [0.25, 0.3) is 0 Å². The van der Waals surface area contributed by atoms with Gasteiger partial charge in [0.2, 0.25) is 0 Å². The highest BCUT2D eigenvalue weighted by molar-refractivity contribution is 6.13. The van der Waals surface area contributed by atoms with Crippen LogP contribution in [0.15, 0.2) is 194 Å². The summed E-state index contributed by atoms with van der Waals surface area (Å²) < 4.78 is 22.7. The lowest BCUT2D eigenvalue weighted by atomic mass is 9.55.